The summed E-state index contributed by atoms with van der Waals surface area (Å²) in [5.41, 5.74) is 2.34. The van der Waals surface area contributed by atoms with Crippen molar-refractivity contribution < 1.29 is 19.1 Å². The molecule has 29 heavy (non-hydrogen) atoms. The molecule has 1 saturated carbocycles. The number of thiazole rings is 1. The SMILES string of the molecule is O=C(CCN1C(=O)NC2(CCCC2)C1=O)Nc1ccccc1OCc1cscn1. The van der Waals surface area contributed by atoms with Gasteiger partial charge in [-0.2, -0.15) is 0 Å². The number of nitrogens with one attached hydrogen (secondary N) is 2. The van der Waals surface area contributed by atoms with Crippen LogP contribution in [-0.4, -0.2) is 39.8 Å². The van der Waals surface area contributed by atoms with Gasteiger partial charge in [-0.3, -0.25) is 14.5 Å². The number of carbonyl (C=O) groups is 3. The first kappa shape index (κ1) is 19.4. The summed E-state index contributed by atoms with van der Waals surface area (Å²) in [4.78, 5) is 42.6. The van der Waals surface area contributed by atoms with Crippen LogP contribution in [0.25, 0.3) is 0 Å². The standard InChI is InChI=1S/C20H22N4O4S/c25-17(7-10-24-18(26)20(23-19(24)27)8-3-4-9-20)22-15-5-1-2-6-16(15)28-11-14-12-29-13-21-14/h1-2,5-6,12-13H,3-4,7-11H2,(H,22,25)(H,23,27). The topological polar surface area (TPSA) is 101 Å². The molecule has 2 aliphatic rings. The summed E-state index contributed by atoms with van der Waals surface area (Å²) in [5, 5.41) is 7.53. The Balaban J connectivity index is 1.33. The van der Waals surface area contributed by atoms with Crippen molar-refractivity contribution in [3.05, 3.63) is 40.8 Å². The zero-order valence-corrected chi connectivity index (χ0v) is 16.7. The summed E-state index contributed by atoms with van der Waals surface area (Å²) in [6.07, 6.45) is 3.22. The van der Waals surface area contributed by atoms with Gasteiger partial charge in [0.05, 0.1) is 16.9 Å². The van der Waals surface area contributed by atoms with E-state index in [2.05, 4.69) is 15.6 Å². The summed E-state index contributed by atoms with van der Waals surface area (Å²) in [5.74, 6) is 0.0382. The lowest BCUT2D eigenvalue weighted by Gasteiger charge is -2.20. The Hall–Kier alpha value is -2.94. The molecule has 2 heterocycles. The Morgan fingerprint density at radius 2 is 2.07 bits per heavy atom. The largest absolute Gasteiger partial charge is 0.485 e. The highest BCUT2D eigenvalue weighted by Gasteiger charge is 2.52. The molecular formula is C20H22N4O4S. The number of aromatic nitrogens is 1. The van der Waals surface area contributed by atoms with Crippen molar-refractivity contribution >= 4 is 34.9 Å². The quantitative estimate of drug-likeness (QED) is 0.679. The van der Waals surface area contributed by atoms with Crippen molar-refractivity contribution in [3.63, 3.8) is 0 Å². The molecular weight excluding hydrogens is 392 g/mol. The highest BCUT2D eigenvalue weighted by molar-refractivity contribution is 7.07. The number of urea groups is 1. The highest BCUT2D eigenvalue weighted by atomic mass is 32.1. The summed E-state index contributed by atoms with van der Waals surface area (Å²) < 4.78 is 5.76. The van der Waals surface area contributed by atoms with Crippen LogP contribution in [0.2, 0.25) is 0 Å². The van der Waals surface area contributed by atoms with E-state index in [1.165, 1.54) is 11.3 Å². The number of hydrogen-bond donors (Lipinski definition) is 2. The zero-order valence-electron chi connectivity index (χ0n) is 15.8. The van der Waals surface area contributed by atoms with E-state index in [1.807, 2.05) is 11.4 Å². The number of para-hydroxylation sites is 2. The molecule has 2 aromatic rings. The van der Waals surface area contributed by atoms with E-state index in [9.17, 15) is 14.4 Å². The molecule has 9 heteroatoms. The van der Waals surface area contributed by atoms with Crippen molar-refractivity contribution in [2.75, 3.05) is 11.9 Å². The zero-order chi connectivity index (χ0) is 20.3. The first-order valence-corrected chi connectivity index (χ1v) is 10.5. The summed E-state index contributed by atoms with van der Waals surface area (Å²) in [7, 11) is 0. The third kappa shape index (κ3) is 4.09. The van der Waals surface area contributed by atoms with Crippen LogP contribution in [-0.2, 0) is 16.2 Å². The number of benzene rings is 1. The summed E-state index contributed by atoms with van der Waals surface area (Å²) in [6, 6.07) is 6.72. The molecule has 4 amide bonds. The van der Waals surface area contributed by atoms with Gasteiger partial charge >= 0.3 is 6.03 Å². The van der Waals surface area contributed by atoms with Crippen LogP contribution in [0.1, 0.15) is 37.8 Å². The maximum atomic E-state index is 12.6. The minimum atomic E-state index is -0.746. The molecule has 1 aliphatic carbocycles. The Bertz CT molecular complexity index is 909. The van der Waals surface area contributed by atoms with Crippen molar-refractivity contribution in [3.8, 4) is 5.75 Å². The Kier molecular flexibility index (Phi) is 5.48. The normalized spacial score (nSPS) is 17.6. The first-order chi connectivity index (χ1) is 14.1. The predicted molar refractivity (Wildman–Crippen MR) is 108 cm³/mol. The second-order valence-electron chi connectivity index (χ2n) is 7.24. The van der Waals surface area contributed by atoms with Crippen LogP contribution >= 0.6 is 11.3 Å². The molecule has 1 aromatic carbocycles. The molecule has 1 saturated heterocycles. The molecule has 0 unspecified atom stereocenters. The van der Waals surface area contributed by atoms with Crippen molar-refractivity contribution in [2.45, 2.75) is 44.2 Å². The van der Waals surface area contributed by atoms with Crippen LogP contribution in [0.4, 0.5) is 10.5 Å². The number of ether oxygens (including phenoxy) is 1. The Labute approximate surface area is 172 Å². The first-order valence-electron chi connectivity index (χ1n) is 9.60. The average molecular weight is 414 g/mol. The van der Waals surface area contributed by atoms with E-state index >= 15 is 0 Å². The lowest BCUT2D eigenvalue weighted by atomic mass is 9.98. The number of carbonyl (C=O) groups excluding carboxylic acids is 3. The third-order valence-electron chi connectivity index (χ3n) is 5.29. The molecule has 2 fully saturated rings. The molecule has 1 spiro atoms. The van der Waals surface area contributed by atoms with E-state index < -0.39 is 11.6 Å². The molecule has 1 aliphatic heterocycles. The average Bonchev–Trinajstić information content (AvgIpc) is 3.44. The number of amides is 4. The van der Waals surface area contributed by atoms with Crippen LogP contribution in [0, 0.1) is 0 Å². The number of nitrogens with zero attached hydrogens (tertiary/aromatic N) is 2. The van der Waals surface area contributed by atoms with Gasteiger partial charge in [-0.05, 0) is 25.0 Å². The molecule has 2 N–H and O–H groups in total. The Morgan fingerprint density at radius 3 is 2.83 bits per heavy atom. The number of rotatable bonds is 7. The second kappa shape index (κ2) is 8.20. The summed E-state index contributed by atoms with van der Waals surface area (Å²) in [6.45, 7) is 0.362. The molecule has 4 rings (SSSR count). The van der Waals surface area contributed by atoms with E-state index in [-0.39, 0.29) is 24.8 Å². The maximum Gasteiger partial charge on any atom is 0.325 e. The highest BCUT2D eigenvalue weighted by Crippen LogP contribution is 2.35. The molecule has 152 valence electrons. The smallest absolute Gasteiger partial charge is 0.325 e. The van der Waals surface area contributed by atoms with Crippen molar-refractivity contribution in [1.82, 2.24) is 15.2 Å². The van der Waals surface area contributed by atoms with Gasteiger partial charge in [0.2, 0.25) is 5.91 Å². The molecule has 0 bridgehead atoms. The van der Waals surface area contributed by atoms with E-state index in [1.54, 1.807) is 23.7 Å². The lowest BCUT2D eigenvalue weighted by Crippen LogP contribution is -2.44. The van der Waals surface area contributed by atoms with Gasteiger partial charge in [0, 0.05) is 18.3 Å². The summed E-state index contributed by atoms with van der Waals surface area (Å²) >= 11 is 1.49. The number of imide groups is 1. The number of anilines is 1. The van der Waals surface area contributed by atoms with Gasteiger partial charge in [-0.25, -0.2) is 9.78 Å². The minimum Gasteiger partial charge on any atom is -0.485 e. The molecule has 1 aromatic heterocycles. The van der Waals surface area contributed by atoms with Gasteiger partial charge in [-0.15, -0.1) is 11.3 Å². The van der Waals surface area contributed by atoms with Gasteiger partial charge < -0.3 is 15.4 Å². The van der Waals surface area contributed by atoms with Crippen LogP contribution < -0.4 is 15.4 Å². The fourth-order valence-electron chi connectivity index (χ4n) is 3.78. The van der Waals surface area contributed by atoms with Gasteiger partial charge in [0.25, 0.3) is 5.91 Å². The van der Waals surface area contributed by atoms with Crippen LogP contribution in [0.5, 0.6) is 5.75 Å². The fourth-order valence-corrected chi connectivity index (χ4v) is 4.32. The molecule has 8 nitrogen and oxygen atoms in total. The Morgan fingerprint density at radius 1 is 1.28 bits per heavy atom. The number of hydrogen-bond acceptors (Lipinski definition) is 6. The fraction of sp³-hybridized carbons (Fsp3) is 0.400. The minimum absolute atomic E-state index is 0.0235. The van der Waals surface area contributed by atoms with Gasteiger partial charge in [0.15, 0.2) is 0 Å². The third-order valence-corrected chi connectivity index (χ3v) is 5.92. The van der Waals surface area contributed by atoms with Gasteiger partial charge in [0.1, 0.15) is 17.9 Å². The van der Waals surface area contributed by atoms with Crippen LogP contribution in [0.3, 0.4) is 0 Å². The maximum absolute atomic E-state index is 12.6. The van der Waals surface area contributed by atoms with E-state index in [0.29, 0.717) is 30.9 Å². The monoisotopic (exact) mass is 414 g/mol. The van der Waals surface area contributed by atoms with Gasteiger partial charge in [-0.1, -0.05) is 25.0 Å². The van der Waals surface area contributed by atoms with E-state index in [4.69, 9.17) is 4.74 Å². The molecule has 0 radical (unpaired) electrons. The lowest BCUT2D eigenvalue weighted by molar-refractivity contribution is -0.131. The van der Waals surface area contributed by atoms with Crippen LogP contribution in [0.15, 0.2) is 35.2 Å². The van der Waals surface area contributed by atoms with E-state index in [0.717, 1.165) is 23.4 Å². The second-order valence-corrected chi connectivity index (χ2v) is 7.96. The van der Waals surface area contributed by atoms with Crippen molar-refractivity contribution in [2.24, 2.45) is 0 Å². The molecule has 0 atom stereocenters. The predicted octanol–water partition coefficient (Wildman–Crippen LogP) is 2.92. The van der Waals surface area contributed by atoms with Crippen molar-refractivity contribution in [1.29, 1.82) is 0 Å².